The number of carbonyl (C=O) groups is 1. The molecule has 7 nitrogen and oxygen atoms in total. The molecule has 0 spiro atoms. The summed E-state index contributed by atoms with van der Waals surface area (Å²) < 4.78 is 34.5. The van der Waals surface area contributed by atoms with Crippen LogP contribution in [0.4, 0.5) is 14.6 Å². The van der Waals surface area contributed by atoms with Gasteiger partial charge in [-0.3, -0.25) is 4.79 Å². The van der Waals surface area contributed by atoms with Crippen molar-refractivity contribution in [2.45, 2.75) is 6.92 Å². The fourth-order valence-electron chi connectivity index (χ4n) is 3.78. The van der Waals surface area contributed by atoms with Crippen molar-refractivity contribution in [1.29, 1.82) is 0 Å². The summed E-state index contributed by atoms with van der Waals surface area (Å²) >= 11 is 0. The van der Waals surface area contributed by atoms with E-state index < -0.39 is 11.7 Å². The molecule has 0 fully saturated rings. The van der Waals surface area contributed by atoms with Gasteiger partial charge in [0, 0.05) is 29.1 Å². The maximum atomic E-state index is 14.0. The fraction of sp³-hybridized carbons (Fsp3) is 0.0769. The molecule has 0 aliphatic carbocycles. The average Bonchev–Trinajstić information content (AvgIpc) is 3.25. The number of aryl methyl sites for hydroxylation is 1. The van der Waals surface area contributed by atoms with Gasteiger partial charge in [-0.15, -0.1) is 0 Å². The molecule has 1 N–H and O–H groups in total. The first-order valence-electron chi connectivity index (χ1n) is 10.7. The van der Waals surface area contributed by atoms with Gasteiger partial charge in [-0.1, -0.05) is 0 Å². The zero-order valence-electron chi connectivity index (χ0n) is 18.8. The Hall–Kier alpha value is -4.66. The molecule has 0 aliphatic heterocycles. The number of methoxy groups -OCH3 is 1. The third-order valence-electron chi connectivity index (χ3n) is 5.51. The summed E-state index contributed by atoms with van der Waals surface area (Å²) in [5.41, 5.74) is 3.88. The summed E-state index contributed by atoms with van der Waals surface area (Å²) in [6, 6.07) is 15.8. The van der Waals surface area contributed by atoms with Crippen molar-refractivity contribution >= 4 is 17.4 Å². The van der Waals surface area contributed by atoms with Crippen LogP contribution in [0.5, 0.6) is 5.75 Å². The van der Waals surface area contributed by atoms with Gasteiger partial charge >= 0.3 is 0 Å². The van der Waals surface area contributed by atoms with Crippen molar-refractivity contribution < 1.29 is 18.3 Å². The Labute approximate surface area is 199 Å². The molecule has 3 aromatic heterocycles. The van der Waals surface area contributed by atoms with Gasteiger partial charge < -0.3 is 10.1 Å². The standard InChI is InChI=1S/C26H19F2N5O2/c1-15-12-16(5-7-19(15)27)24-25(33-23(32-24)4-3-10-30-33)17-9-11-29-22(14-17)31-26(34)18-6-8-21(35-2)20(28)13-18/h3-14H,1-2H3,(H,29,31,34). The van der Waals surface area contributed by atoms with Crippen molar-refractivity contribution in [3.05, 3.63) is 95.8 Å². The van der Waals surface area contributed by atoms with Crippen LogP contribution >= 0.6 is 0 Å². The minimum absolute atomic E-state index is 0.0466. The zero-order chi connectivity index (χ0) is 24.5. The molecule has 1 amide bonds. The molecule has 0 aliphatic rings. The molecule has 0 unspecified atom stereocenters. The molecular weight excluding hydrogens is 452 g/mol. The molecule has 3 heterocycles. The second-order valence-electron chi connectivity index (χ2n) is 7.80. The van der Waals surface area contributed by atoms with E-state index in [-0.39, 0.29) is 22.9 Å². The number of nitrogens with zero attached hydrogens (tertiary/aromatic N) is 4. The van der Waals surface area contributed by atoms with E-state index >= 15 is 0 Å². The third kappa shape index (κ3) is 4.19. The van der Waals surface area contributed by atoms with E-state index in [1.54, 1.807) is 54.2 Å². The Morgan fingerprint density at radius 2 is 1.83 bits per heavy atom. The molecule has 5 aromatic rings. The number of rotatable bonds is 5. The summed E-state index contributed by atoms with van der Waals surface area (Å²) in [6.07, 6.45) is 3.18. The number of halogens is 2. The van der Waals surface area contributed by atoms with E-state index in [0.29, 0.717) is 28.2 Å². The van der Waals surface area contributed by atoms with Crippen LogP contribution in [0.25, 0.3) is 28.2 Å². The number of fused-ring (bicyclic) bond motifs is 1. The Balaban J connectivity index is 1.55. The van der Waals surface area contributed by atoms with E-state index in [2.05, 4.69) is 15.4 Å². The number of pyridine rings is 1. The van der Waals surface area contributed by atoms with Crippen LogP contribution in [0.15, 0.2) is 73.1 Å². The number of amides is 1. The van der Waals surface area contributed by atoms with Crippen molar-refractivity contribution in [3.8, 4) is 28.3 Å². The summed E-state index contributed by atoms with van der Waals surface area (Å²) in [6.45, 7) is 1.69. The Bertz CT molecular complexity index is 1580. The Morgan fingerprint density at radius 3 is 2.60 bits per heavy atom. The lowest BCUT2D eigenvalue weighted by Crippen LogP contribution is -2.13. The minimum Gasteiger partial charge on any atom is -0.494 e. The molecule has 0 atom stereocenters. The average molecular weight is 471 g/mol. The fourth-order valence-corrected chi connectivity index (χ4v) is 3.78. The van der Waals surface area contributed by atoms with Gasteiger partial charge in [-0.05, 0) is 73.2 Å². The molecule has 0 radical (unpaired) electrons. The van der Waals surface area contributed by atoms with Crippen LogP contribution in [-0.4, -0.2) is 32.6 Å². The second-order valence-corrected chi connectivity index (χ2v) is 7.80. The molecule has 0 saturated heterocycles. The van der Waals surface area contributed by atoms with E-state index in [9.17, 15) is 13.6 Å². The highest BCUT2D eigenvalue weighted by atomic mass is 19.1. The van der Waals surface area contributed by atoms with Gasteiger partial charge in [0.25, 0.3) is 5.91 Å². The van der Waals surface area contributed by atoms with Gasteiger partial charge in [0.05, 0.1) is 12.8 Å². The number of anilines is 1. The highest BCUT2D eigenvalue weighted by Gasteiger charge is 2.19. The first-order chi connectivity index (χ1) is 16.9. The van der Waals surface area contributed by atoms with Gasteiger partial charge in [-0.2, -0.15) is 5.10 Å². The predicted octanol–water partition coefficient (Wildman–Crippen LogP) is 5.31. The summed E-state index contributed by atoms with van der Waals surface area (Å²) in [5, 5.41) is 7.12. The van der Waals surface area contributed by atoms with Crippen LogP contribution in [-0.2, 0) is 0 Å². The second kappa shape index (κ2) is 8.94. The maximum absolute atomic E-state index is 14.0. The number of carbonyl (C=O) groups excluding carboxylic acids is 1. The van der Waals surface area contributed by atoms with Gasteiger partial charge in [-0.25, -0.2) is 23.3 Å². The lowest BCUT2D eigenvalue weighted by atomic mass is 10.0. The SMILES string of the molecule is COc1ccc(C(=O)Nc2cc(-c3c(-c4ccc(F)c(C)c4)nc4cccnn34)ccn2)cc1F. The van der Waals surface area contributed by atoms with Gasteiger partial charge in [0.1, 0.15) is 17.3 Å². The van der Waals surface area contributed by atoms with Gasteiger partial charge in [0.2, 0.25) is 0 Å². The lowest BCUT2D eigenvalue weighted by Gasteiger charge is -2.09. The molecule has 174 valence electrons. The number of ether oxygens (including phenoxy) is 1. The molecule has 2 aromatic carbocycles. The summed E-state index contributed by atoms with van der Waals surface area (Å²) in [7, 11) is 1.35. The summed E-state index contributed by atoms with van der Waals surface area (Å²) in [5.74, 6) is -1.16. The highest BCUT2D eigenvalue weighted by molar-refractivity contribution is 6.04. The molecule has 35 heavy (non-hydrogen) atoms. The summed E-state index contributed by atoms with van der Waals surface area (Å²) in [4.78, 5) is 21.6. The number of benzene rings is 2. The minimum atomic E-state index is -0.641. The molecule has 0 bridgehead atoms. The first kappa shape index (κ1) is 22.1. The first-order valence-corrected chi connectivity index (χ1v) is 10.7. The Morgan fingerprint density at radius 1 is 0.971 bits per heavy atom. The quantitative estimate of drug-likeness (QED) is 0.376. The number of hydrogen-bond acceptors (Lipinski definition) is 5. The largest absolute Gasteiger partial charge is 0.494 e. The third-order valence-corrected chi connectivity index (χ3v) is 5.51. The molecule has 9 heteroatoms. The number of hydrogen-bond donors (Lipinski definition) is 1. The van der Waals surface area contributed by atoms with E-state index in [1.165, 1.54) is 25.3 Å². The lowest BCUT2D eigenvalue weighted by molar-refractivity contribution is 0.102. The van der Waals surface area contributed by atoms with Crippen LogP contribution in [0.1, 0.15) is 15.9 Å². The Kier molecular flexibility index (Phi) is 5.66. The van der Waals surface area contributed by atoms with Crippen LogP contribution in [0.3, 0.4) is 0 Å². The maximum Gasteiger partial charge on any atom is 0.256 e. The number of imidazole rings is 1. The van der Waals surface area contributed by atoms with E-state index in [0.717, 1.165) is 11.6 Å². The molecule has 0 saturated carbocycles. The van der Waals surface area contributed by atoms with E-state index in [1.807, 2.05) is 6.07 Å². The zero-order valence-corrected chi connectivity index (χ0v) is 18.8. The number of aromatic nitrogens is 4. The van der Waals surface area contributed by atoms with Crippen molar-refractivity contribution in [3.63, 3.8) is 0 Å². The highest BCUT2D eigenvalue weighted by Crippen LogP contribution is 2.33. The molecule has 5 rings (SSSR count). The van der Waals surface area contributed by atoms with Crippen molar-refractivity contribution in [2.24, 2.45) is 0 Å². The predicted molar refractivity (Wildman–Crippen MR) is 127 cm³/mol. The van der Waals surface area contributed by atoms with Crippen LogP contribution in [0, 0.1) is 18.6 Å². The topological polar surface area (TPSA) is 81.4 Å². The van der Waals surface area contributed by atoms with Gasteiger partial charge in [0.15, 0.2) is 17.2 Å². The number of nitrogens with one attached hydrogen (secondary N) is 1. The normalized spacial score (nSPS) is 11.0. The van der Waals surface area contributed by atoms with Crippen LogP contribution in [0.2, 0.25) is 0 Å². The smallest absolute Gasteiger partial charge is 0.256 e. The van der Waals surface area contributed by atoms with Crippen molar-refractivity contribution in [2.75, 3.05) is 12.4 Å². The van der Waals surface area contributed by atoms with Crippen LogP contribution < -0.4 is 10.1 Å². The van der Waals surface area contributed by atoms with E-state index in [4.69, 9.17) is 9.72 Å². The molecular formula is C26H19F2N5O2. The monoisotopic (exact) mass is 471 g/mol. The van der Waals surface area contributed by atoms with Crippen molar-refractivity contribution in [1.82, 2.24) is 19.6 Å².